The lowest BCUT2D eigenvalue weighted by Gasteiger charge is -2.31. The summed E-state index contributed by atoms with van der Waals surface area (Å²) in [4.78, 5) is 26.4. The zero-order valence-electron chi connectivity index (χ0n) is 21.4. The molecule has 1 unspecified atom stereocenters. The van der Waals surface area contributed by atoms with E-state index in [9.17, 15) is 9.59 Å². The number of fused-ring (bicyclic) bond motifs is 3. The van der Waals surface area contributed by atoms with Gasteiger partial charge < -0.3 is 14.2 Å². The molecule has 38 heavy (non-hydrogen) atoms. The number of hydrogen-bond donors (Lipinski definition) is 1. The number of aryl methyl sites for hydroxylation is 1. The van der Waals surface area contributed by atoms with Crippen LogP contribution in [-0.4, -0.2) is 25.1 Å². The predicted molar refractivity (Wildman–Crippen MR) is 146 cm³/mol. The van der Waals surface area contributed by atoms with E-state index < -0.39 is 17.8 Å². The van der Waals surface area contributed by atoms with Crippen LogP contribution in [0, 0.1) is 0 Å². The fraction of sp³-hybridized carbons (Fsp3) is 0.188. The lowest BCUT2D eigenvalue weighted by molar-refractivity contribution is -0.139. The summed E-state index contributed by atoms with van der Waals surface area (Å²) in [6.07, 6.45) is 0.919. The number of carbonyl (C=O) groups excluding carboxylic acids is 2. The number of hydrogen-bond acceptors (Lipinski definition) is 5. The lowest BCUT2D eigenvalue weighted by Crippen LogP contribution is -2.36. The second-order valence-electron chi connectivity index (χ2n) is 8.94. The van der Waals surface area contributed by atoms with Crippen molar-refractivity contribution in [1.29, 1.82) is 0 Å². The Morgan fingerprint density at radius 1 is 0.868 bits per heavy atom. The molecule has 6 nitrogen and oxygen atoms in total. The summed E-state index contributed by atoms with van der Waals surface area (Å²) in [7, 11) is 0. The minimum Gasteiger partial charge on any atom is -0.484 e. The topological polar surface area (TPSA) is 73.9 Å². The Labute approximate surface area is 221 Å². The minimum absolute atomic E-state index is 0.0509. The maximum Gasteiger partial charge on any atom is 0.340 e. The zero-order valence-corrected chi connectivity index (χ0v) is 21.4. The molecule has 0 bridgehead atoms. The Kier molecular flexibility index (Phi) is 7.40. The molecule has 1 aliphatic rings. The first-order valence-electron chi connectivity index (χ1n) is 12.8. The molecule has 1 heterocycles. The molecule has 6 heteroatoms. The van der Waals surface area contributed by atoms with Crippen molar-refractivity contribution in [3.05, 3.63) is 119 Å². The van der Waals surface area contributed by atoms with Crippen LogP contribution in [0.5, 0.6) is 11.5 Å². The monoisotopic (exact) mass is 507 g/mol. The third-order valence-corrected chi connectivity index (χ3v) is 6.55. The number of ether oxygens (including phenoxy) is 3. The van der Waals surface area contributed by atoms with Crippen molar-refractivity contribution in [1.82, 2.24) is 5.32 Å². The van der Waals surface area contributed by atoms with Gasteiger partial charge in [-0.2, -0.15) is 0 Å². The summed E-state index contributed by atoms with van der Waals surface area (Å²) in [6.45, 7) is 3.77. The molecule has 1 N–H and O–H groups in total. The number of rotatable bonds is 8. The van der Waals surface area contributed by atoms with Gasteiger partial charge in [-0.1, -0.05) is 79.7 Å². The van der Waals surface area contributed by atoms with Gasteiger partial charge in [-0.3, -0.25) is 10.1 Å². The van der Waals surface area contributed by atoms with Gasteiger partial charge in [-0.25, -0.2) is 4.79 Å². The van der Waals surface area contributed by atoms with Crippen molar-refractivity contribution in [3.8, 4) is 11.5 Å². The van der Waals surface area contributed by atoms with Crippen molar-refractivity contribution in [2.45, 2.75) is 26.2 Å². The Morgan fingerprint density at radius 2 is 1.61 bits per heavy atom. The average Bonchev–Trinajstić information content (AvgIpc) is 2.96. The highest BCUT2D eigenvalue weighted by Crippen LogP contribution is 2.46. The van der Waals surface area contributed by atoms with Gasteiger partial charge in [-0.15, -0.1) is 0 Å². The average molecular weight is 508 g/mol. The van der Waals surface area contributed by atoms with Crippen LogP contribution in [0.1, 0.15) is 36.5 Å². The van der Waals surface area contributed by atoms with Crippen LogP contribution in [0.2, 0.25) is 0 Å². The van der Waals surface area contributed by atoms with Gasteiger partial charge in [-0.05, 0) is 53.4 Å². The molecule has 0 radical (unpaired) electrons. The van der Waals surface area contributed by atoms with Crippen LogP contribution in [0.3, 0.4) is 0 Å². The van der Waals surface area contributed by atoms with Crippen LogP contribution in [0.4, 0.5) is 0 Å². The quantitative estimate of drug-likeness (QED) is 0.301. The number of benzene rings is 4. The highest BCUT2D eigenvalue weighted by Gasteiger charge is 2.38. The van der Waals surface area contributed by atoms with Crippen LogP contribution >= 0.6 is 0 Å². The molecule has 0 spiro atoms. The second-order valence-corrected chi connectivity index (χ2v) is 8.94. The van der Waals surface area contributed by atoms with Crippen molar-refractivity contribution in [3.63, 3.8) is 0 Å². The van der Waals surface area contributed by atoms with Crippen molar-refractivity contribution < 1.29 is 23.8 Å². The van der Waals surface area contributed by atoms with Crippen LogP contribution in [0.25, 0.3) is 10.8 Å². The van der Waals surface area contributed by atoms with E-state index >= 15 is 0 Å². The number of amides is 1. The molecular weight excluding hydrogens is 478 g/mol. The van der Waals surface area contributed by atoms with E-state index in [-0.39, 0.29) is 24.7 Å². The van der Waals surface area contributed by atoms with E-state index in [4.69, 9.17) is 14.2 Å². The first-order valence-corrected chi connectivity index (χ1v) is 12.8. The van der Waals surface area contributed by atoms with Crippen LogP contribution in [-0.2, 0) is 20.7 Å². The maximum absolute atomic E-state index is 13.4. The van der Waals surface area contributed by atoms with Gasteiger partial charge in [0.1, 0.15) is 17.1 Å². The summed E-state index contributed by atoms with van der Waals surface area (Å²) in [6, 6.07) is 29.1. The van der Waals surface area contributed by atoms with Crippen molar-refractivity contribution in [2.24, 2.45) is 0 Å². The molecule has 4 aromatic rings. The Balaban J connectivity index is 1.54. The van der Waals surface area contributed by atoms with Gasteiger partial charge in [0.25, 0.3) is 5.91 Å². The normalized spacial score (nSPS) is 14.4. The Hall–Kier alpha value is -4.58. The first kappa shape index (κ1) is 25.1. The third-order valence-electron chi connectivity index (χ3n) is 6.55. The standard InChI is InChI=1S/C32H29NO5/c1-3-21-14-17-24(18-15-21)37-20-27(34)33-31-30(32(35)36-4-2)28(23-11-6-5-7-12-23)29-25-13-9-8-10-22(25)16-19-26(29)38-31/h5-19,28H,3-4,20H2,1-2H3,(H,33,34). The molecule has 0 aliphatic carbocycles. The van der Waals surface area contributed by atoms with Gasteiger partial charge in [0, 0.05) is 5.56 Å². The van der Waals surface area contributed by atoms with Crippen molar-refractivity contribution in [2.75, 3.05) is 13.2 Å². The second kappa shape index (κ2) is 11.2. The Morgan fingerprint density at radius 3 is 2.34 bits per heavy atom. The highest BCUT2D eigenvalue weighted by molar-refractivity contribution is 5.97. The zero-order chi connectivity index (χ0) is 26.5. The molecular formula is C32H29NO5. The molecule has 1 amide bonds. The fourth-order valence-electron chi connectivity index (χ4n) is 4.73. The summed E-state index contributed by atoms with van der Waals surface area (Å²) in [5.41, 5.74) is 3.15. The molecule has 0 aromatic heterocycles. The van der Waals surface area contributed by atoms with Crippen molar-refractivity contribution >= 4 is 22.6 Å². The summed E-state index contributed by atoms with van der Waals surface area (Å²) >= 11 is 0. The van der Waals surface area contributed by atoms with E-state index in [1.165, 1.54) is 5.56 Å². The number of nitrogens with one attached hydrogen (secondary N) is 1. The van der Waals surface area contributed by atoms with Crippen LogP contribution in [0.15, 0.2) is 102 Å². The summed E-state index contributed by atoms with van der Waals surface area (Å²) < 4.78 is 17.4. The molecule has 5 rings (SSSR count). The van der Waals surface area contributed by atoms with E-state index in [0.717, 1.165) is 28.3 Å². The van der Waals surface area contributed by atoms with Gasteiger partial charge in [0.05, 0.1) is 12.5 Å². The summed E-state index contributed by atoms with van der Waals surface area (Å²) in [5, 5.41) is 4.77. The van der Waals surface area contributed by atoms with Gasteiger partial charge >= 0.3 is 5.97 Å². The number of carbonyl (C=O) groups is 2. The largest absolute Gasteiger partial charge is 0.484 e. The molecule has 0 saturated carbocycles. The molecule has 0 saturated heterocycles. The molecule has 1 atom stereocenters. The summed E-state index contributed by atoms with van der Waals surface area (Å²) in [5.74, 6) is -0.306. The van der Waals surface area contributed by atoms with E-state index in [1.807, 2.05) is 91.0 Å². The van der Waals surface area contributed by atoms with E-state index in [0.29, 0.717) is 11.5 Å². The predicted octanol–water partition coefficient (Wildman–Crippen LogP) is 5.90. The molecule has 4 aromatic carbocycles. The highest BCUT2D eigenvalue weighted by atomic mass is 16.5. The maximum atomic E-state index is 13.4. The molecule has 1 aliphatic heterocycles. The first-order chi connectivity index (χ1) is 18.6. The third kappa shape index (κ3) is 5.11. The minimum atomic E-state index is -0.550. The fourth-order valence-corrected chi connectivity index (χ4v) is 4.73. The SMILES string of the molecule is CCOC(=O)C1=C(NC(=O)COc2ccc(CC)cc2)Oc2ccc3ccccc3c2C1c1ccccc1. The Bertz CT molecular complexity index is 1490. The number of esters is 1. The molecule has 192 valence electrons. The van der Waals surface area contributed by atoms with Gasteiger partial charge in [0.2, 0.25) is 5.88 Å². The molecule has 0 fully saturated rings. The lowest BCUT2D eigenvalue weighted by atomic mass is 9.80. The smallest absolute Gasteiger partial charge is 0.340 e. The van der Waals surface area contributed by atoms with E-state index in [2.05, 4.69) is 12.2 Å². The van der Waals surface area contributed by atoms with Crippen LogP contribution < -0.4 is 14.8 Å². The van der Waals surface area contributed by atoms with Gasteiger partial charge in [0.15, 0.2) is 6.61 Å². The van der Waals surface area contributed by atoms with E-state index in [1.54, 1.807) is 6.92 Å².